The van der Waals surface area contributed by atoms with Crippen LogP contribution in [0.15, 0.2) is 72.8 Å². The van der Waals surface area contributed by atoms with Gasteiger partial charge >= 0.3 is 5.97 Å². The highest BCUT2D eigenvalue weighted by Gasteiger charge is 2.10. The van der Waals surface area contributed by atoms with E-state index in [1.165, 1.54) is 102 Å². The topological polar surface area (TPSA) is 44.8 Å². The fourth-order valence-corrected chi connectivity index (χ4v) is 5.86. The van der Waals surface area contributed by atoms with Crippen LogP contribution in [-0.4, -0.2) is 19.2 Å². The first-order chi connectivity index (χ1) is 23.1. The van der Waals surface area contributed by atoms with Gasteiger partial charge in [-0.15, -0.1) is 0 Å². The summed E-state index contributed by atoms with van der Waals surface area (Å²) in [6.45, 7) is 8.06. The van der Waals surface area contributed by atoms with Crippen LogP contribution in [0.1, 0.15) is 158 Å². The maximum Gasteiger partial charge on any atom is 0.343 e. The number of esters is 1. The van der Waals surface area contributed by atoms with Crippen molar-refractivity contribution in [3.63, 3.8) is 0 Å². The minimum atomic E-state index is -0.379. The summed E-state index contributed by atoms with van der Waals surface area (Å²) < 4.78 is 17.4. The zero-order valence-electron chi connectivity index (χ0n) is 29.8. The maximum absolute atomic E-state index is 12.6. The van der Waals surface area contributed by atoms with Gasteiger partial charge in [-0.05, 0) is 72.9 Å². The van der Waals surface area contributed by atoms with Crippen LogP contribution < -0.4 is 9.47 Å². The molecule has 0 amide bonds. The quantitative estimate of drug-likeness (QED) is 0.0496. The summed E-state index contributed by atoms with van der Waals surface area (Å²) in [6, 6.07) is 23.3. The molecule has 0 saturated carbocycles. The van der Waals surface area contributed by atoms with Gasteiger partial charge in [0.15, 0.2) is 0 Å². The zero-order valence-corrected chi connectivity index (χ0v) is 29.8. The number of hydrogen-bond donors (Lipinski definition) is 0. The van der Waals surface area contributed by atoms with Gasteiger partial charge < -0.3 is 14.2 Å². The van der Waals surface area contributed by atoms with Crippen molar-refractivity contribution in [1.82, 2.24) is 0 Å². The standard InChI is InChI=1S/C43H62O4/c1-4-6-8-9-10-11-12-13-14-15-16-17-18-19-20-21-35-45-36(3)37-22-24-38(25-23-37)39-26-32-42(33-27-39)47-43(44)40-28-30-41(31-29-40)46-34-7-5-2/h22-33,36H,4-21,34-35H2,1-3H3. The molecule has 3 aromatic rings. The lowest BCUT2D eigenvalue weighted by Crippen LogP contribution is -2.08. The highest BCUT2D eigenvalue weighted by atomic mass is 16.5. The van der Waals surface area contributed by atoms with Gasteiger partial charge in [-0.2, -0.15) is 0 Å². The first kappa shape index (κ1) is 38.3. The SMILES string of the molecule is CCCCCCCCCCCCCCCCCCOC(C)c1ccc(-c2ccc(OC(=O)c3ccc(OCCCC)cc3)cc2)cc1. The third-order valence-corrected chi connectivity index (χ3v) is 9.00. The summed E-state index contributed by atoms with van der Waals surface area (Å²) >= 11 is 0. The van der Waals surface area contributed by atoms with Gasteiger partial charge in [0.05, 0.1) is 18.3 Å². The first-order valence-corrected chi connectivity index (χ1v) is 18.9. The number of carbonyl (C=O) groups is 1. The third-order valence-electron chi connectivity index (χ3n) is 9.00. The molecule has 1 atom stereocenters. The van der Waals surface area contributed by atoms with E-state index in [1.807, 2.05) is 36.4 Å². The monoisotopic (exact) mass is 642 g/mol. The molecular weight excluding hydrogens is 580 g/mol. The van der Waals surface area contributed by atoms with Crippen LogP contribution in [0.4, 0.5) is 0 Å². The highest BCUT2D eigenvalue weighted by Crippen LogP contribution is 2.26. The maximum atomic E-state index is 12.6. The van der Waals surface area contributed by atoms with Crippen molar-refractivity contribution in [3.8, 4) is 22.6 Å². The summed E-state index contributed by atoms with van der Waals surface area (Å²) in [5, 5.41) is 0. The van der Waals surface area contributed by atoms with Crippen molar-refractivity contribution in [2.24, 2.45) is 0 Å². The minimum Gasteiger partial charge on any atom is -0.494 e. The highest BCUT2D eigenvalue weighted by molar-refractivity contribution is 5.91. The van der Waals surface area contributed by atoms with Gasteiger partial charge in [0.1, 0.15) is 11.5 Å². The van der Waals surface area contributed by atoms with E-state index in [4.69, 9.17) is 14.2 Å². The van der Waals surface area contributed by atoms with Crippen LogP contribution in [0.2, 0.25) is 0 Å². The Kier molecular flexibility index (Phi) is 19.7. The molecule has 0 aliphatic heterocycles. The largest absolute Gasteiger partial charge is 0.494 e. The van der Waals surface area contributed by atoms with Crippen LogP contribution in [0.25, 0.3) is 11.1 Å². The molecule has 1 unspecified atom stereocenters. The average Bonchev–Trinajstić information content (AvgIpc) is 3.10. The van der Waals surface area contributed by atoms with Gasteiger partial charge in [-0.1, -0.05) is 153 Å². The van der Waals surface area contributed by atoms with Crippen molar-refractivity contribution in [2.45, 2.75) is 142 Å². The molecule has 0 saturated heterocycles. The fraction of sp³-hybridized carbons (Fsp3) is 0.558. The van der Waals surface area contributed by atoms with Gasteiger partial charge in [0, 0.05) is 6.61 Å². The summed E-state index contributed by atoms with van der Waals surface area (Å²) in [7, 11) is 0. The minimum absolute atomic E-state index is 0.0825. The van der Waals surface area contributed by atoms with Crippen LogP contribution in [0, 0.1) is 0 Å². The van der Waals surface area contributed by atoms with Crippen LogP contribution in [-0.2, 0) is 4.74 Å². The fourth-order valence-electron chi connectivity index (χ4n) is 5.86. The molecule has 0 aromatic heterocycles. The molecule has 0 aliphatic carbocycles. The van der Waals surface area contributed by atoms with Crippen LogP contribution in [0.5, 0.6) is 11.5 Å². The van der Waals surface area contributed by atoms with Gasteiger partial charge in [0.25, 0.3) is 0 Å². The van der Waals surface area contributed by atoms with Gasteiger partial charge in [-0.25, -0.2) is 4.79 Å². The van der Waals surface area contributed by atoms with Crippen molar-refractivity contribution in [2.75, 3.05) is 13.2 Å². The number of benzene rings is 3. The first-order valence-electron chi connectivity index (χ1n) is 18.9. The second kappa shape index (κ2) is 24.1. The molecule has 3 aromatic carbocycles. The van der Waals surface area contributed by atoms with Gasteiger partial charge in [0.2, 0.25) is 0 Å². The van der Waals surface area contributed by atoms with E-state index in [2.05, 4.69) is 45.0 Å². The molecule has 4 nitrogen and oxygen atoms in total. The van der Waals surface area contributed by atoms with E-state index in [1.54, 1.807) is 12.1 Å². The number of hydrogen-bond acceptors (Lipinski definition) is 4. The van der Waals surface area contributed by atoms with Crippen molar-refractivity contribution < 1.29 is 19.0 Å². The van der Waals surface area contributed by atoms with E-state index in [0.717, 1.165) is 42.7 Å². The third kappa shape index (κ3) is 16.0. The van der Waals surface area contributed by atoms with Crippen molar-refractivity contribution >= 4 is 5.97 Å². The summed E-state index contributed by atoms with van der Waals surface area (Å²) in [5.41, 5.74) is 3.89. The molecule has 0 heterocycles. The Hall–Kier alpha value is -3.11. The lowest BCUT2D eigenvalue weighted by atomic mass is 10.0. The van der Waals surface area contributed by atoms with Crippen molar-refractivity contribution in [3.05, 3.63) is 83.9 Å². The molecule has 0 radical (unpaired) electrons. The number of unbranched alkanes of at least 4 members (excludes halogenated alkanes) is 16. The molecule has 0 fully saturated rings. The number of ether oxygens (including phenoxy) is 3. The molecule has 0 N–H and O–H groups in total. The number of carbonyl (C=O) groups excluding carboxylic acids is 1. The Balaban J connectivity index is 1.24. The van der Waals surface area contributed by atoms with E-state index in [9.17, 15) is 4.79 Å². The molecule has 0 aliphatic rings. The Morgan fingerprint density at radius 1 is 0.511 bits per heavy atom. The van der Waals surface area contributed by atoms with E-state index in [-0.39, 0.29) is 12.1 Å². The molecule has 0 bridgehead atoms. The summed E-state index contributed by atoms with van der Waals surface area (Å²) in [4.78, 5) is 12.6. The normalized spacial score (nSPS) is 11.8. The lowest BCUT2D eigenvalue weighted by Gasteiger charge is -2.14. The second-order valence-corrected chi connectivity index (χ2v) is 13.1. The van der Waals surface area contributed by atoms with E-state index >= 15 is 0 Å². The molecule has 4 heteroatoms. The Labute approximate surface area is 286 Å². The van der Waals surface area contributed by atoms with Crippen molar-refractivity contribution in [1.29, 1.82) is 0 Å². The molecule has 47 heavy (non-hydrogen) atoms. The summed E-state index contributed by atoms with van der Waals surface area (Å²) in [6.07, 6.45) is 24.3. The second-order valence-electron chi connectivity index (χ2n) is 13.1. The molecule has 3 rings (SSSR count). The smallest absolute Gasteiger partial charge is 0.343 e. The van der Waals surface area contributed by atoms with E-state index < -0.39 is 0 Å². The summed E-state index contributed by atoms with van der Waals surface area (Å²) in [5.74, 6) is 0.910. The van der Waals surface area contributed by atoms with Crippen LogP contribution >= 0.6 is 0 Å². The molecule has 0 spiro atoms. The Morgan fingerprint density at radius 3 is 1.47 bits per heavy atom. The van der Waals surface area contributed by atoms with E-state index in [0.29, 0.717) is 17.9 Å². The Bertz CT molecular complexity index is 1200. The average molecular weight is 643 g/mol. The lowest BCUT2D eigenvalue weighted by molar-refractivity contribution is 0.0627. The Morgan fingerprint density at radius 2 is 0.957 bits per heavy atom. The predicted molar refractivity (Wildman–Crippen MR) is 198 cm³/mol. The molecule has 258 valence electrons. The molecular formula is C43H62O4. The van der Waals surface area contributed by atoms with Gasteiger partial charge in [-0.3, -0.25) is 0 Å². The van der Waals surface area contributed by atoms with Crippen LogP contribution in [0.3, 0.4) is 0 Å². The number of rotatable bonds is 26. The predicted octanol–water partition coefficient (Wildman–Crippen LogP) is 13.1. The zero-order chi connectivity index (χ0) is 33.4.